The predicted octanol–water partition coefficient (Wildman–Crippen LogP) is 5.83. The lowest BCUT2D eigenvalue weighted by Crippen LogP contribution is -2.17. The average molecular weight is 434 g/mol. The first-order valence-electron chi connectivity index (χ1n) is 8.25. The normalized spacial score (nSPS) is 12.2. The minimum absolute atomic E-state index is 0.213. The molecular formula is C21H18BrClO3. The van der Waals surface area contributed by atoms with E-state index in [4.69, 9.17) is 16.3 Å². The van der Waals surface area contributed by atoms with Crippen LogP contribution in [-0.4, -0.2) is 17.7 Å². The fourth-order valence-corrected chi connectivity index (χ4v) is 3.63. The van der Waals surface area contributed by atoms with Gasteiger partial charge in [-0.05, 0) is 65.6 Å². The highest BCUT2D eigenvalue weighted by atomic mass is 79.9. The SMILES string of the molecule is CCOC(=O)C(O)c1c(C)cc2ccc(Br)cc2c1-c1ccc(Cl)cc1. The monoisotopic (exact) mass is 432 g/mol. The van der Waals surface area contributed by atoms with Crippen molar-refractivity contribution in [3.8, 4) is 11.1 Å². The predicted molar refractivity (Wildman–Crippen MR) is 108 cm³/mol. The Labute approximate surface area is 165 Å². The minimum atomic E-state index is -1.36. The molecule has 0 fully saturated rings. The van der Waals surface area contributed by atoms with Gasteiger partial charge < -0.3 is 9.84 Å². The summed E-state index contributed by atoms with van der Waals surface area (Å²) in [4.78, 5) is 12.2. The molecular weight excluding hydrogens is 416 g/mol. The van der Waals surface area contributed by atoms with E-state index >= 15 is 0 Å². The smallest absolute Gasteiger partial charge is 0.339 e. The second kappa shape index (κ2) is 7.78. The van der Waals surface area contributed by atoms with E-state index in [0.29, 0.717) is 10.6 Å². The van der Waals surface area contributed by atoms with Crippen molar-refractivity contribution in [3.05, 3.63) is 69.2 Å². The van der Waals surface area contributed by atoms with Crippen molar-refractivity contribution in [2.24, 2.45) is 0 Å². The molecule has 134 valence electrons. The molecule has 26 heavy (non-hydrogen) atoms. The highest BCUT2D eigenvalue weighted by molar-refractivity contribution is 9.10. The third-order valence-corrected chi connectivity index (χ3v) is 5.01. The summed E-state index contributed by atoms with van der Waals surface area (Å²) in [7, 11) is 0. The lowest BCUT2D eigenvalue weighted by atomic mass is 9.87. The van der Waals surface area contributed by atoms with E-state index in [1.807, 2.05) is 43.3 Å². The molecule has 0 saturated heterocycles. The molecule has 0 aliphatic heterocycles. The van der Waals surface area contributed by atoms with Crippen LogP contribution in [0.4, 0.5) is 0 Å². The summed E-state index contributed by atoms with van der Waals surface area (Å²) in [6, 6.07) is 15.3. The van der Waals surface area contributed by atoms with Gasteiger partial charge in [-0.25, -0.2) is 4.79 Å². The van der Waals surface area contributed by atoms with Crippen molar-refractivity contribution < 1.29 is 14.6 Å². The van der Waals surface area contributed by atoms with E-state index in [0.717, 1.165) is 31.9 Å². The molecule has 3 aromatic rings. The van der Waals surface area contributed by atoms with E-state index in [9.17, 15) is 9.90 Å². The lowest BCUT2D eigenvalue weighted by Gasteiger charge is -2.20. The number of fused-ring (bicyclic) bond motifs is 1. The Morgan fingerprint density at radius 3 is 2.54 bits per heavy atom. The maximum Gasteiger partial charge on any atom is 0.339 e. The van der Waals surface area contributed by atoms with Gasteiger partial charge in [-0.2, -0.15) is 0 Å². The number of carbonyl (C=O) groups is 1. The number of aryl methyl sites for hydroxylation is 1. The second-order valence-corrected chi connectivity index (χ2v) is 7.36. The van der Waals surface area contributed by atoms with E-state index < -0.39 is 12.1 Å². The van der Waals surface area contributed by atoms with E-state index in [-0.39, 0.29) is 6.61 Å². The zero-order valence-electron chi connectivity index (χ0n) is 14.4. The minimum Gasteiger partial charge on any atom is -0.464 e. The van der Waals surface area contributed by atoms with Gasteiger partial charge in [0.25, 0.3) is 0 Å². The topological polar surface area (TPSA) is 46.5 Å². The van der Waals surface area contributed by atoms with Crippen LogP contribution in [0.25, 0.3) is 21.9 Å². The van der Waals surface area contributed by atoms with Gasteiger partial charge in [-0.3, -0.25) is 0 Å². The van der Waals surface area contributed by atoms with Crippen LogP contribution in [0.3, 0.4) is 0 Å². The molecule has 1 N–H and O–H groups in total. The summed E-state index contributed by atoms with van der Waals surface area (Å²) >= 11 is 9.55. The molecule has 3 rings (SSSR count). The Balaban J connectivity index is 2.35. The van der Waals surface area contributed by atoms with Gasteiger partial charge in [0.2, 0.25) is 0 Å². The Morgan fingerprint density at radius 2 is 1.88 bits per heavy atom. The first-order valence-corrected chi connectivity index (χ1v) is 9.43. The molecule has 0 heterocycles. The zero-order valence-corrected chi connectivity index (χ0v) is 16.8. The quantitative estimate of drug-likeness (QED) is 0.527. The molecule has 0 saturated carbocycles. The van der Waals surface area contributed by atoms with Crippen molar-refractivity contribution >= 4 is 44.3 Å². The third-order valence-electron chi connectivity index (χ3n) is 4.27. The van der Waals surface area contributed by atoms with Crippen molar-refractivity contribution in [1.29, 1.82) is 0 Å². The first-order chi connectivity index (χ1) is 12.4. The number of aliphatic hydroxyl groups excluding tert-OH is 1. The van der Waals surface area contributed by atoms with Crippen molar-refractivity contribution in [3.63, 3.8) is 0 Å². The molecule has 3 nitrogen and oxygen atoms in total. The molecule has 1 atom stereocenters. The Hall–Kier alpha value is -1.88. The van der Waals surface area contributed by atoms with Gasteiger partial charge in [0.1, 0.15) is 0 Å². The molecule has 0 bridgehead atoms. The van der Waals surface area contributed by atoms with Crippen LogP contribution < -0.4 is 0 Å². The number of benzene rings is 3. The zero-order chi connectivity index (χ0) is 18.8. The number of esters is 1. The lowest BCUT2D eigenvalue weighted by molar-refractivity contribution is -0.153. The number of hydrogen-bond donors (Lipinski definition) is 1. The Morgan fingerprint density at radius 1 is 1.19 bits per heavy atom. The van der Waals surface area contributed by atoms with Crippen LogP contribution in [0, 0.1) is 6.92 Å². The number of aliphatic hydroxyl groups is 1. The van der Waals surface area contributed by atoms with E-state index in [2.05, 4.69) is 15.9 Å². The fraction of sp³-hybridized carbons (Fsp3) is 0.190. The summed E-state index contributed by atoms with van der Waals surface area (Å²) in [5.74, 6) is -0.653. The summed E-state index contributed by atoms with van der Waals surface area (Å²) < 4.78 is 5.96. The van der Waals surface area contributed by atoms with Crippen molar-refractivity contribution in [2.75, 3.05) is 6.61 Å². The van der Waals surface area contributed by atoms with Gasteiger partial charge in [0, 0.05) is 15.1 Å². The van der Waals surface area contributed by atoms with Crippen LogP contribution in [-0.2, 0) is 9.53 Å². The van der Waals surface area contributed by atoms with E-state index in [1.165, 1.54) is 0 Å². The van der Waals surface area contributed by atoms with E-state index in [1.54, 1.807) is 19.1 Å². The second-order valence-electron chi connectivity index (χ2n) is 6.01. The summed E-state index contributed by atoms with van der Waals surface area (Å²) in [6.07, 6.45) is -1.36. The first kappa shape index (κ1) is 18.9. The van der Waals surface area contributed by atoms with Crippen LogP contribution in [0.5, 0.6) is 0 Å². The van der Waals surface area contributed by atoms with Crippen molar-refractivity contribution in [2.45, 2.75) is 20.0 Å². The molecule has 0 radical (unpaired) electrons. The average Bonchev–Trinajstić information content (AvgIpc) is 2.61. The highest BCUT2D eigenvalue weighted by Crippen LogP contribution is 2.39. The summed E-state index contributed by atoms with van der Waals surface area (Å²) in [6.45, 7) is 3.82. The number of rotatable bonds is 4. The molecule has 0 aliphatic rings. The molecule has 0 aromatic heterocycles. The Kier molecular flexibility index (Phi) is 5.66. The van der Waals surface area contributed by atoms with Crippen molar-refractivity contribution in [1.82, 2.24) is 0 Å². The number of halogens is 2. The van der Waals surface area contributed by atoms with Crippen LogP contribution in [0.2, 0.25) is 5.02 Å². The summed E-state index contributed by atoms with van der Waals surface area (Å²) in [5.41, 5.74) is 3.06. The highest BCUT2D eigenvalue weighted by Gasteiger charge is 2.26. The molecule has 0 amide bonds. The van der Waals surface area contributed by atoms with Gasteiger partial charge in [0.05, 0.1) is 6.61 Å². The van der Waals surface area contributed by atoms with Crippen LogP contribution >= 0.6 is 27.5 Å². The molecule has 0 aliphatic carbocycles. The molecule has 0 spiro atoms. The van der Waals surface area contributed by atoms with Gasteiger partial charge in [-0.1, -0.05) is 51.8 Å². The number of ether oxygens (including phenoxy) is 1. The number of carbonyl (C=O) groups excluding carboxylic acids is 1. The molecule has 1 unspecified atom stereocenters. The molecule has 5 heteroatoms. The Bertz CT molecular complexity index is 967. The largest absolute Gasteiger partial charge is 0.464 e. The van der Waals surface area contributed by atoms with Gasteiger partial charge in [0.15, 0.2) is 6.10 Å². The van der Waals surface area contributed by atoms with Crippen LogP contribution in [0.15, 0.2) is 53.0 Å². The summed E-state index contributed by atoms with van der Waals surface area (Å²) in [5, 5.41) is 13.3. The van der Waals surface area contributed by atoms with Gasteiger partial charge in [-0.15, -0.1) is 0 Å². The number of hydrogen-bond acceptors (Lipinski definition) is 3. The van der Waals surface area contributed by atoms with Crippen LogP contribution in [0.1, 0.15) is 24.2 Å². The van der Waals surface area contributed by atoms with Gasteiger partial charge >= 0.3 is 5.97 Å². The maximum absolute atomic E-state index is 12.2. The molecule has 3 aromatic carbocycles. The standard InChI is InChI=1S/C21H18BrClO3/c1-3-26-21(25)20(24)18-12(2)10-14-4-7-15(22)11-17(14)19(18)13-5-8-16(23)9-6-13/h4-11,20,24H,3H2,1-2H3. The third kappa shape index (κ3) is 3.63. The maximum atomic E-state index is 12.2. The fourth-order valence-electron chi connectivity index (χ4n) is 3.14.